The minimum absolute atomic E-state index is 0.0967. The molecule has 2 rings (SSSR count). The van der Waals surface area contributed by atoms with Crippen molar-refractivity contribution < 1.29 is 19.5 Å². The van der Waals surface area contributed by atoms with Crippen LogP contribution < -0.4 is 0 Å². The minimum Gasteiger partial charge on any atom is -0.507 e. The van der Waals surface area contributed by atoms with Crippen LogP contribution in [0.15, 0.2) is 28.8 Å². The van der Waals surface area contributed by atoms with E-state index < -0.39 is 5.97 Å². The van der Waals surface area contributed by atoms with Crippen LogP contribution in [0.5, 0.6) is 5.75 Å². The summed E-state index contributed by atoms with van der Waals surface area (Å²) in [5.41, 5.74) is -0.0153. The van der Waals surface area contributed by atoms with E-state index >= 15 is 0 Å². The van der Waals surface area contributed by atoms with Crippen LogP contribution in [-0.4, -0.2) is 21.3 Å². The number of phenols is 1. The molecule has 16 heavy (non-hydrogen) atoms. The van der Waals surface area contributed by atoms with Gasteiger partial charge in [-0.25, -0.2) is 4.79 Å². The second-order valence-electron chi connectivity index (χ2n) is 3.02. The van der Waals surface area contributed by atoms with Crippen LogP contribution in [-0.2, 0) is 0 Å². The number of aromatic hydroxyl groups is 1. The number of rotatable bonds is 2. The SMILES string of the molecule is O=C(O)c1cc(-c2c(O)cccc2Cl)on1. The monoisotopic (exact) mass is 239 g/mol. The summed E-state index contributed by atoms with van der Waals surface area (Å²) < 4.78 is 4.80. The van der Waals surface area contributed by atoms with Gasteiger partial charge in [-0.3, -0.25) is 0 Å². The van der Waals surface area contributed by atoms with Gasteiger partial charge in [-0.05, 0) is 12.1 Å². The van der Waals surface area contributed by atoms with Crippen LogP contribution in [0.2, 0.25) is 5.02 Å². The smallest absolute Gasteiger partial charge is 0.358 e. The Morgan fingerprint density at radius 3 is 2.75 bits per heavy atom. The van der Waals surface area contributed by atoms with Gasteiger partial charge >= 0.3 is 5.97 Å². The van der Waals surface area contributed by atoms with Gasteiger partial charge in [-0.2, -0.15) is 0 Å². The number of benzene rings is 1. The number of carboxylic acid groups (broad SMARTS) is 1. The number of phenolic OH excluding ortho intramolecular Hbond substituents is 1. The van der Waals surface area contributed by atoms with Crippen LogP contribution in [0.4, 0.5) is 0 Å². The number of halogens is 1. The van der Waals surface area contributed by atoms with Crippen molar-refractivity contribution in [2.24, 2.45) is 0 Å². The molecule has 0 aliphatic heterocycles. The highest BCUT2D eigenvalue weighted by Crippen LogP contribution is 2.35. The predicted octanol–water partition coefficient (Wildman–Crippen LogP) is 2.40. The molecular weight excluding hydrogens is 234 g/mol. The molecule has 0 saturated carbocycles. The molecule has 0 aliphatic carbocycles. The maximum atomic E-state index is 10.6. The Morgan fingerprint density at radius 1 is 1.44 bits per heavy atom. The summed E-state index contributed by atoms with van der Waals surface area (Å²) in [7, 11) is 0. The van der Waals surface area contributed by atoms with Crippen LogP contribution in [0.3, 0.4) is 0 Å². The number of hydrogen-bond acceptors (Lipinski definition) is 4. The van der Waals surface area contributed by atoms with Crippen molar-refractivity contribution in [2.45, 2.75) is 0 Å². The molecule has 0 amide bonds. The Bertz CT molecular complexity index is 529. The van der Waals surface area contributed by atoms with Crippen molar-refractivity contribution in [3.05, 3.63) is 35.0 Å². The average molecular weight is 240 g/mol. The first kappa shape index (κ1) is 10.5. The van der Waals surface area contributed by atoms with Gasteiger partial charge < -0.3 is 14.7 Å². The van der Waals surface area contributed by atoms with Crippen molar-refractivity contribution in [3.8, 4) is 17.1 Å². The second kappa shape index (κ2) is 3.86. The molecule has 2 N–H and O–H groups in total. The first-order valence-electron chi connectivity index (χ1n) is 4.27. The number of aromatic nitrogens is 1. The third kappa shape index (κ3) is 1.72. The molecule has 0 fully saturated rings. The summed E-state index contributed by atoms with van der Waals surface area (Å²) in [6.45, 7) is 0. The third-order valence-corrected chi connectivity index (χ3v) is 2.28. The Labute approximate surface area is 94.9 Å². The summed E-state index contributed by atoms with van der Waals surface area (Å²) >= 11 is 5.86. The molecule has 1 aromatic heterocycles. The average Bonchev–Trinajstić information content (AvgIpc) is 2.66. The summed E-state index contributed by atoms with van der Waals surface area (Å²) in [5, 5.41) is 21.8. The van der Waals surface area contributed by atoms with Gasteiger partial charge in [-0.15, -0.1) is 0 Å². The highest BCUT2D eigenvalue weighted by Gasteiger charge is 2.17. The lowest BCUT2D eigenvalue weighted by atomic mass is 10.1. The largest absolute Gasteiger partial charge is 0.507 e. The molecule has 1 aromatic carbocycles. The molecule has 82 valence electrons. The maximum Gasteiger partial charge on any atom is 0.358 e. The zero-order valence-electron chi connectivity index (χ0n) is 7.85. The van der Waals surface area contributed by atoms with Gasteiger partial charge in [0.25, 0.3) is 0 Å². The lowest BCUT2D eigenvalue weighted by molar-refractivity contribution is 0.0686. The number of carbonyl (C=O) groups is 1. The Kier molecular flexibility index (Phi) is 2.54. The van der Waals surface area contributed by atoms with Gasteiger partial charge in [0.1, 0.15) is 5.75 Å². The number of aromatic carboxylic acids is 1. The van der Waals surface area contributed by atoms with Crippen molar-refractivity contribution in [3.63, 3.8) is 0 Å². The predicted molar refractivity (Wildman–Crippen MR) is 55.6 cm³/mol. The van der Waals surface area contributed by atoms with Gasteiger partial charge in [-0.1, -0.05) is 22.8 Å². The Balaban J connectivity index is 2.54. The topological polar surface area (TPSA) is 83.6 Å². The van der Waals surface area contributed by atoms with Crippen LogP contribution in [0, 0.1) is 0 Å². The fourth-order valence-electron chi connectivity index (χ4n) is 1.25. The molecule has 2 aromatic rings. The molecular formula is C10H6ClNO4. The van der Waals surface area contributed by atoms with E-state index in [1.807, 2.05) is 0 Å². The molecule has 0 saturated heterocycles. The first-order chi connectivity index (χ1) is 7.59. The second-order valence-corrected chi connectivity index (χ2v) is 3.42. The molecule has 0 atom stereocenters. The molecule has 0 unspecified atom stereocenters. The van der Waals surface area contributed by atoms with E-state index in [1.165, 1.54) is 12.1 Å². The zero-order chi connectivity index (χ0) is 11.7. The lowest BCUT2D eigenvalue weighted by Gasteiger charge is -2.01. The highest BCUT2D eigenvalue weighted by molar-refractivity contribution is 6.33. The summed E-state index contributed by atoms with van der Waals surface area (Å²) in [6.07, 6.45) is 0. The van der Waals surface area contributed by atoms with Crippen LogP contribution in [0.1, 0.15) is 10.5 Å². The minimum atomic E-state index is -1.21. The van der Waals surface area contributed by atoms with E-state index in [4.69, 9.17) is 21.2 Å². The summed E-state index contributed by atoms with van der Waals surface area (Å²) in [6, 6.07) is 5.74. The fourth-order valence-corrected chi connectivity index (χ4v) is 1.51. The van der Waals surface area contributed by atoms with Crippen molar-refractivity contribution in [1.29, 1.82) is 0 Å². The zero-order valence-corrected chi connectivity index (χ0v) is 8.60. The highest BCUT2D eigenvalue weighted by atomic mass is 35.5. The molecule has 1 heterocycles. The van der Waals surface area contributed by atoms with Crippen LogP contribution in [0.25, 0.3) is 11.3 Å². The van der Waals surface area contributed by atoms with Crippen molar-refractivity contribution >= 4 is 17.6 Å². The van der Waals surface area contributed by atoms with Gasteiger partial charge in [0.2, 0.25) is 0 Å². The third-order valence-electron chi connectivity index (χ3n) is 1.97. The van der Waals surface area contributed by atoms with E-state index in [2.05, 4.69) is 5.16 Å². The quantitative estimate of drug-likeness (QED) is 0.841. The fraction of sp³-hybridized carbons (Fsp3) is 0. The summed E-state index contributed by atoms with van der Waals surface area (Å²) in [5.74, 6) is -1.19. The Morgan fingerprint density at radius 2 is 2.19 bits per heavy atom. The van der Waals surface area contributed by atoms with Gasteiger partial charge in [0, 0.05) is 6.07 Å². The maximum absolute atomic E-state index is 10.6. The van der Waals surface area contributed by atoms with E-state index in [-0.39, 0.29) is 27.8 Å². The van der Waals surface area contributed by atoms with E-state index in [1.54, 1.807) is 12.1 Å². The number of carboxylic acids is 1. The van der Waals surface area contributed by atoms with Gasteiger partial charge in [0.15, 0.2) is 11.5 Å². The lowest BCUT2D eigenvalue weighted by Crippen LogP contribution is -1.94. The van der Waals surface area contributed by atoms with Crippen molar-refractivity contribution in [1.82, 2.24) is 5.16 Å². The van der Waals surface area contributed by atoms with Crippen LogP contribution >= 0.6 is 11.6 Å². The Hall–Kier alpha value is -2.01. The molecule has 0 spiro atoms. The van der Waals surface area contributed by atoms with Gasteiger partial charge in [0.05, 0.1) is 10.6 Å². The number of hydrogen-bond donors (Lipinski definition) is 2. The van der Waals surface area contributed by atoms with E-state index in [0.717, 1.165) is 0 Å². The normalized spacial score (nSPS) is 10.3. The van der Waals surface area contributed by atoms with E-state index in [9.17, 15) is 9.90 Å². The molecule has 0 bridgehead atoms. The molecule has 0 aliphatic rings. The molecule has 5 nitrogen and oxygen atoms in total. The summed E-state index contributed by atoms with van der Waals surface area (Å²) in [4.78, 5) is 10.6. The molecule has 0 radical (unpaired) electrons. The number of nitrogens with zero attached hydrogens (tertiary/aromatic N) is 1. The van der Waals surface area contributed by atoms with E-state index in [0.29, 0.717) is 0 Å². The first-order valence-corrected chi connectivity index (χ1v) is 4.65. The van der Waals surface area contributed by atoms with Crippen molar-refractivity contribution in [2.75, 3.05) is 0 Å². The molecule has 6 heteroatoms. The standard InChI is InChI=1S/C10H6ClNO4/c11-5-2-1-3-7(13)9(5)8-4-6(10(14)15)12-16-8/h1-4,13H,(H,14,15).